The van der Waals surface area contributed by atoms with Gasteiger partial charge in [0.05, 0.1) is 17.6 Å². The van der Waals surface area contributed by atoms with Crippen LogP contribution in [-0.2, 0) is 6.54 Å². The molecule has 0 atom stereocenters. The van der Waals surface area contributed by atoms with Crippen molar-refractivity contribution >= 4 is 28.8 Å². The highest BCUT2D eigenvalue weighted by Crippen LogP contribution is 2.31. The lowest BCUT2D eigenvalue weighted by Gasteiger charge is -2.22. The van der Waals surface area contributed by atoms with Crippen molar-refractivity contribution in [1.82, 2.24) is 19.9 Å². The molecule has 3 aromatic rings. The van der Waals surface area contributed by atoms with Gasteiger partial charge in [0, 0.05) is 31.6 Å². The third-order valence-corrected chi connectivity index (χ3v) is 6.83. The molecular formula is C23H32N6S. The fraction of sp³-hybridized carbons (Fsp3) is 0.478. The van der Waals surface area contributed by atoms with Crippen LogP contribution < -0.4 is 15.5 Å². The van der Waals surface area contributed by atoms with Crippen LogP contribution in [0.5, 0.6) is 0 Å². The summed E-state index contributed by atoms with van der Waals surface area (Å²) in [7, 11) is 4.17. The Kier molecular flexibility index (Phi) is 6.49. The Labute approximate surface area is 183 Å². The van der Waals surface area contributed by atoms with E-state index in [4.69, 9.17) is 10.1 Å². The standard InChI is InChI=1S/C23H32N6S/c1-16(2)21-15-26-23-19(25-14-17-7-5-6-8-20(17)28(3)4)13-22(27-29(21)23)30-18-9-11-24-12-10-18/h5-8,13,15-16,18,24-25H,9-12,14H2,1-4H3. The summed E-state index contributed by atoms with van der Waals surface area (Å²) in [6.07, 6.45) is 4.33. The van der Waals surface area contributed by atoms with E-state index in [-0.39, 0.29) is 0 Å². The molecule has 6 nitrogen and oxygen atoms in total. The zero-order valence-electron chi connectivity index (χ0n) is 18.4. The van der Waals surface area contributed by atoms with Crippen molar-refractivity contribution in [1.29, 1.82) is 0 Å². The number of benzene rings is 1. The monoisotopic (exact) mass is 424 g/mol. The number of fused-ring (bicyclic) bond motifs is 1. The fourth-order valence-electron chi connectivity index (χ4n) is 3.92. The van der Waals surface area contributed by atoms with Crippen LogP contribution in [0.1, 0.15) is 43.9 Å². The number of hydrogen-bond acceptors (Lipinski definition) is 6. The van der Waals surface area contributed by atoms with Gasteiger partial charge in [-0.15, -0.1) is 11.8 Å². The average molecular weight is 425 g/mol. The van der Waals surface area contributed by atoms with Crippen molar-refractivity contribution in [2.24, 2.45) is 0 Å². The van der Waals surface area contributed by atoms with E-state index in [1.54, 1.807) is 0 Å². The first-order chi connectivity index (χ1) is 14.5. The molecule has 3 heterocycles. The van der Waals surface area contributed by atoms with Crippen molar-refractivity contribution in [3.8, 4) is 0 Å². The van der Waals surface area contributed by atoms with E-state index in [1.165, 1.54) is 24.1 Å². The predicted octanol–water partition coefficient (Wildman–Crippen LogP) is 4.37. The minimum Gasteiger partial charge on any atom is -0.378 e. The van der Waals surface area contributed by atoms with Crippen molar-refractivity contribution in [3.63, 3.8) is 0 Å². The maximum atomic E-state index is 4.96. The Bertz CT molecular complexity index is 991. The molecule has 0 saturated carbocycles. The highest BCUT2D eigenvalue weighted by atomic mass is 32.2. The number of anilines is 2. The molecule has 2 N–H and O–H groups in total. The lowest BCUT2D eigenvalue weighted by molar-refractivity contribution is 0.531. The Balaban J connectivity index is 1.65. The van der Waals surface area contributed by atoms with Crippen molar-refractivity contribution < 1.29 is 0 Å². The Hall–Kier alpha value is -2.25. The summed E-state index contributed by atoms with van der Waals surface area (Å²) >= 11 is 1.90. The van der Waals surface area contributed by atoms with Crippen LogP contribution in [0, 0.1) is 0 Å². The molecule has 4 rings (SSSR count). The number of rotatable bonds is 7. The van der Waals surface area contributed by atoms with Gasteiger partial charge in [0.15, 0.2) is 5.65 Å². The van der Waals surface area contributed by atoms with Crippen LogP contribution in [0.2, 0.25) is 0 Å². The van der Waals surface area contributed by atoms with Gasteiger partial charge in [-0.3, -0.25) is 0 Å². The summed E-state index contributed by atoms with van der Waals surface area (Å²) in [6.45, 7) is 7.31. The molecule has 160 valence electrons. The minimum absolute atomic E-state index is 0.369. The topological polar surface area (TPSA) is 57.5 Å². The van der Waals surface area contributed by atoms with Crippen LogP contribution >= 0.6 is 11.8 Å². The molecule has 30 heavy (non-hydrogen) atoms. The second-order valence-electron chi connectivity index (χ2n) is 8.41. The number of imidazole rings is 1. The fourth-order valence-corrected chi connectivity index (χ4v) is 5.04. The zero-order chi connectivity index (χ0) is 21.1. The molecule has 1 saturated heterocycles. The van der Waals surface area contributed by atoms with Crippen LogP contribution in [-0.4, -0.2) is 47.0 Å². The summed E-state index contributed by atoms with van der Waals surface area (Å²) in [5, 5.41) is 13.7. The minimum atomic E-state index is 0.369. The van der Waals surface area contributed by atoms with Crippen molar-refractivity contribution in [3.05, 3.63) is 47.8 Å². The molecule has 0 spiro atoms. The average Bonchev–Trinajstić information content (AvgIpc) is 3.17. The number of para-hydroxylation sites is 1. The first-order valence-corrected chi connectivity index (χ1v) is 11.7. The largest absolute Gasteiger partial charge is 0.378 e. The normalized spacial score (nSPS) is 15.1. The van der Waals surface area contributed by atoms with Crippen molar-refractivity contribution in [2.45, 2.75) is 49.4 Å². The molecule has 1 aromatic carbocycles. The highest BCUT2D eigenvalue weighted by molar-refractivity contribution is 7.99. The van der Waals surface area contributed by atoms with E-state index in [9.17, 15) is 0 Å². The summed E-state index contributed by atoms with van der Waals surface area (Å²) in [5.41, 5.74) is 5.58. The molecule has 2 aromatic heterocycles. The van der Waals surface area contributed by atoms with E-state index in [2.05, 4.69) is 73.8 Å². The van der Waals surface area contributed by atoms with Gasteiger partial charge in [0.25, 0.3) is 0 Å². The Morgan fingerprint density at radius 2 is 2.00 bits per heavy atom. The van der Waals surface area contributed by atoms with E-state index in [0.717, 1.165) is 41.7 Å². The third-order valence-electron chi connectivity index (χ3n) is 5.58. The smallest absolute Gasteiger partial charge is 0.177 e. The molecular weight excluding hydrogens is 392 g/mol. The second kappa shape index (κ2) is 9.27. The molecule has 1 aliphatic rings. The number of hydrogen-bond donors (Lipinski definition) is 2. The highest BCUT2D eigenvalue weighted by Gasteiger charge is 2.19. The van der Waals surface area contributed by atoms with Gasteiger partial charge in [-0.05, 0) is 49.5 Å². The molecule has 0 unspecified atom stereocenters. The predicted molar refractivity (Wildman–Crippen MR) is 127 cm³/mol. The van der Waals surface area contributed by atoms with Gasteiger partial charge in [-0.25, -0.2) is 9.50 Å². The summed E-state index contributed by atoms with van der Waals surface area (Å²) < 4.78 is 2.04. The molecule has 7 heteroatoms. The van der Waals surface area contributed by atoms with Crippen LogP contribution in [0.4, 0.5) is 11.4 Å². The molecule has 0 bridgehead atoms. The van der Waals surface area contributed by atoms with Crippen LogP contribution in [0.15, 0.2) is 41.6 Å². The van der Waals surface area contributed by atoms with Crippen molar-refractivity contribution in [2.75, 3.05) is 37.4 Å². The molecule has 1 fully saturated rings. The second-order valence-corrected chi connectivity index (χ2v) is 9.73. The molecule has 0 amide bonds. The van der Waals surface area contributed by atoms with Gasteiger partial charge < -0.3 is 15.5 Å². The lowest BCUT2D eigenvalue weighted by atomic mass is 10.1. The van der Waals surface area contributed by atoms with E-state index >= 15 is 0 Å². The van der Waals surface area contributed by atoms with Crippen LogP contribution in [0.3, 0.4) is 0 Å². The van der Waals surface area contributed by atoms with Gasteiger partial charge in [0.2, 0.25) is 0 Å². The molecule has 0 aliphatic carbocycles. The number of aromatic nitrogens is 3. The maximum Gasteiger partial charge on any atom is 0.177 e. The number of nitrogens with one attached hydrogen (secondary N) is 2. The lowest BCUT2D eigenvalue weighted by Crippen LogP contribution is -2.29. The van der Waals surface area contributed by atoms with E-state index < -0.39 is 0 Å². The summed E-state index contributed by atoms with van der Waals surface area (Å²) in [5.74, 6) is 0.369. The quantitative estimate of drug-likeness (QED) is 0.587. The zero-order valence-corrected chi connectivity index (χ0v) is 19.2. The van der Waals surface area contributed by atoms with Crippen LogP contribution in [0.25, 0.3) is 5.65 Å². The Morgan fingerprint density at radius 3 is 2.73 bits per heavy atom. The Morgan fingerprint density at radius 1 is 1.23 bits per heavy atom. The third kappa shape index (κ3) is 4.57. The van der Waals surface area contributed by atoms with E-state index in [0.29, 0.717) is 11.2 Å². The summed E-state index contributed by atoms with van der Waals surface area (Å²) in [6, 6.07) is 10.7. The van der Waals surface area contributed by atoms with Gasteiger partial charge in [-0.1, -0.05) is 32.0 Å². The molecule has 0 radical (unpaired) electrons. The number of piperidine rings is 1. The SMILES string of the molecule is CC(C)c1cnc2c(NCc3ccccc3N(C)C)cc(SC3CCNCC3)nn12. The first kappa shape index (κ1) is 21.0. The maximum absolute atomic E-state index is 4.96. The van der Waals surface area contributed by atoms with Gasteiger partial charge in [0.1, 0.15) is 5.03 Å². The van der Waals surface area contributed by atoms with Gasteiger partial charge in [-0.2, -0.15) is 5.10 Å². The number of nitrogens with zero attached hydrogens (tertiary/aromatic N) is 4. The summed E-state index contributed by atoms with van der Waals surface area (Å²) in [4.78, 5) is 6.86. The van der Waals surface area contributed by atoms with Gasteiger partial charge >= 0.3 is 0 Å². The number of thioether (sulfide) groups is 1. The first-order valence-electron chi connectivity index (χ1n) is 10.8. The molecule has 1 aliphatic heterocycles. The van der Waals surface area contributed by atoms with E-state index in [1.807, 2.05) is 22.5 Å².